The summed E-state index contributed by atoms with van der Waals surface area (Å²) in [6.45, 7) is 13.2. The molecule has 0 spiro atoms. The van der Waals surface area contributed by atoms with Crippen LogP contribution >= 0.6 is 0 Å². The van der Waals surface area contributed by atoms with E-state index in [9.17, 15) is 0 Å². The van der Waals surface area contributed by atoms with E-state index < -0.39 is 0 Å². The number of hydrogen-bond donors (Lipinski definition) is 1. The molecule has 1 unspecified atom stereocenters. The first-order valence-electron chi connectivity index (χ1n) is 6.60. The molecule has 0 saturated heterocycles. The molecule has 0 bridgehead atoms. The maximum absolute atomic E-state index is 5.34. The molecule has 0 fully saturated rings. The molecule has 0 radical (unpaired) electrons. The summed E-state index contributed by atoms with van der Waals surface area (Å²) in [4.78, 5) is 4.48. The van der Waals surface area contributed by atoms with Crippen molar-refractivity contribution in [3.63, 3.8) is 0 Å². The van der Waals surface area contributed by atoms with E-state index in [4.69, 9.17) is 4.52 Å². The van der Waals surface area contributed by atoms with Gasteiger partial charge in [-0.15, -0.1) is 0 Å². The lowest BCUT2D eigenvalue weighted by atomic mass is 9.85. The van der Waals surface area contributed by atoms with Crippen LogP contribution in [0.15, 0.2) is 4.52 Å². The fourth-order valence-corrected chi connectivity index (χ4v) is 1.94. The van der Waals surface area contributed by atoms with E-state index in [2.05, 4.69) is 57.0 Å². The van der Waals surface area contributed by atoms with Crippen LogP contribution in [-0.2, 0) is 12.8 Å². The lowest BCUT2D eigenvalue weighted by Crippen LogP contribution is -2.39. The highest BCUT2D eigenvalue weighted by molar-refractivity contribution is 4.94. The molecule has 0 aliphatic carbocycles. The number of likely N-dealkylation sites (N-methyl/N-ethyl adjacent to an activating group) is 1. The topological polar surface area (TPSA) is 51.0 Å². The van der Waals surface area contributed by atoms with Crippen molar-refractivity contribution in [2.24, 2.45) is 10.8 Å². The van der Waals surface area contributed by atoms with Crippen molar-refractivity contribution in [2.75, 3.05) is 7.05 Å². The van der Waals surface area contributed by atoms with Crippen LogP contribution in [0.2, 0.25) is 0 Å². The van der Waals surface area contributed by atoms with E-state index >= 15 is 0 Å². The zero-order valence-corrected chi connectivity index (χ0v) is 12.8. The van der Waals surface area contributed by atoms with Crippen LogP contribution in [0.3, 0.4) is 0 Å². The minimum atomic E-state index is 0.174. The first-order valence-corrected chi connectivity index (χ1v) is 6.60. The first kappa shape index (κ1) is 15.2. The highest BCUT2D eigenvalue weighted by atomic mass is 16.5. The van der Waals surface area contributed by atoms with Gasteiger partial charge in [0.2, 0.25) is 5.89 Å². The lowest BCUT2D eigenvalue weighted by molar-refractivity contribution is 0.254. The fraction of sp³-hybridized carbons (Fsp3) is 0.857. The van der Waals surface area contributed by atoms with Crippen molar-refractivity contribution in [1.82, 2.24) is 15.5 Å². The van der Waals surface area contributed by atoms with E-state index in [1.165, 1.54) is 0 Å². The number of hydrogen-bond acceptors (Lipinski definition) is 4. The van der Waals surface area contributed by atoms with Crippen molar-refractivity contribution in [1.29, 1.82) is 0 Å². The third-order valence-corrected chi connectivity index (χ3v) is 2.97. The minimum absolute atomic E-state index is 0.174. The van der Waals surface area contributed by atoms with E-state index in [1.54, 1.807) is 0 Å². The van der Waals surface area contributed by atoms with Gasteiger partial charge in [0.25, 0.3) is 0 Å². The molecular weight excluding hydrogens is 226 g/mol. The van der Waals surface area contributed by atoms with Gasteiger partial charge in [0.1, 0.15) is 0 Å². The van der Waals surface area contributed by atoms with Gasteiger partial charge in [-0.25, -0.2) is 0 Å². The summed E-state index contributed by atoms with van der Waals surface area (Å²) in [5, 5.41) is 7.38. The molecule has 1 rings (SSSR count). The van der Waals surface area contributed by atoms with Crippen LogP contribution in [0.1, 0.15) is 53.3 Å². The second-order valence-corrected chi connectivity index (χ2v) is 7.25. The number of aromatic nitrogens is 2. The van der Waals surface area contributed by atoms with Gasteiger partial charge < -0.3 is 9.84 Å². The van der Waals surface area contributed by atoms with E-state index in [0.29, 0.717) is 6.04 Å². The Kier molecular flexibility index (Phi) is 4.54. The number of rotatable bonds is 4. The normalized spacial score (nSPS) is 14.8. The molecule has 1 N–H and O–H groups in total. The van der Waals surface area contributed by atoms with Crippen LogP contribution in [0.4, 0.5) is 0 Å². The zero-order chi connectivity index (χ0) is 14.0. The summed E-state index contributed by atoms with van der Waals surface area (Å²) in [6.07, 6.45) is 1.62. The molecule has 1 aromatic rings. The molecule has 0 aromatic carbocycles. The van der Waals surface area contributed by atoms with Gasteiger partial charge in [0.15, 0.2) is 5.82 Å². The Labute approximate surface area is 111 Å². The van der Waals surface area contributed by atoms with Crippen molar-refractivity contribution in [3.05, 3.63) is 11.7 Å². The van der Waals surface area contributed by atoms with Crippen molar-refractivity contribution >= 4 is 0 Å². The molecule has 0 aliphatic rings. The van der Waals surface area contributed by atoms with E-state index in [0.717, 1.165) is 24.6 Å². The smallest absolute Gasteiger partial charge is 0.228 e. The average Bonchev–Trinajstić information content (AvgIpc) is 2.57. The van der Waals surface area contributed by atoms with Crippen LogP contribution < -0.4 is 5.32 Å². The first-order chi connectivity index (χ1) is 8.12. The largest absolute Gasteiger partial charge is 0.339 e. The molecule has 0 saturated carbocycles. The number of nitrogens with one attached hydrogen (secondary N) is 1. The van der Waals surface area contributed by atoms with Crippen molar-refractivity contribution < 1.29 is 4.52 Å². The SMILES string of the molecule is CNC(Cc1nc(CC(C)(C)C)no1)C(C)(C)C. The summed E-state index contributed by atoms with van der Waals surface area (Å²) in [5.41, 5.74) is 0.362. The third kappa shape index (κ3) is 4.77. The van der Waals surface area contributed by atoms with Gasteiger partial charge in [-0.2, -0.15) is 4.98 Å². The van der Waals surface area contributed by atoms with Crippen LogP contribution in [0.25, 0.3) is 0 Å². The van der Waals surface area contributed by atoms with Gasteiger partial charge in [-0.05, 0) is 17.9 Å². The summed E-state index contributed by atoms with van der Waals surface area (Å²) < 4.78 is 5.34. The lowest BCUT2D eigenvalue weighted by Gasteiger charge is -2.29. The average molecular weight is 253 g/mol. The molecule has 4 heteroatoms. The molecule has 1 atom stereocenters. The molecule has 0 amide bonds. The molecule has 18 heavy (non-hydrogen) atoms. The number of nitrogens with zero attached hydrogens (tertiary/aromatic N) is 2. The molecule has 0 aliphatic heterocycles. The zero-order valence-electron chi connectivity index (χ0n) is 12.8. The van der Waals surface area contributed by atoms with Crippen molar-refractivity contribution in [2.45, 2.75) is 60.4 Å². The monoisotopic (exact) mass is 253 g/mol. The Morgan fingerprint density at radius 1 is 1.17 bits per heavy atom. The maximum atomic E-state index is 5.34. The standard InChI is InChI=1S/C14H27N3O/c1-13(2,3)9-11-16-12(18-17-11)8-10(15-7)14(4,5)6/h10,15H,8-9H2,1-7H3. The van der Waals surface area contributed by atoms with Crippen molar-refractivity contribution in [3.8, 4) is 0 Å². The Hall–Kier alpha value is -0.900. The van der Waals surface area contributed by atoms with E-state index in [-0.39, 0.29) is 10.8 Å². The van der Waals surface area contributed by atoms with E-state index in [1.807, 2.05) is 7.05 Å². The molecule has 4 nitrogen and oxygen atoms in total. The molecule has 1 heterocycles. The predicted molar refractivity (Wildman–Crippen MR) is 73.5 cm³/mol. The minimum Gasteiger partial charge on any atom is -0.339 e. The fourth-order valence-electron chi connectivity index (χ4n) is 1.94. The maximum Gasteiger partial charge on any atom is 0.228 e. The quantitative estimate of drug-likeness (QED) is 0.896. The Balaban J connectivity index is 2.69. The summed E-state index contributed by atoms with van der Waals surface area (Å²) in [5.74, 6) is 1.53. The van der Waals surface area contributed by atoms with Gasteiger partial charge in [-0.1, -0.05) is 46.7 Å². The highest BCUT2D eigenvalue weighted by Gasteiger charge is 2.26. The van der Waals surface area contributed by atoms with Crippen LogP contribution in [-0.4, -0.2) is 23.2 Å². The summed E-state index contributed by atoms with van der Waals surface area (Å²) in [7, 11) is 1.97. The van der Waals surface area contributed by atoms with Crippen LogP contribution in [0, 0.1) is 10.8 Å². The second-order valence-electron chi connectivity index (χ2n) is 7.25. The van der Waals surface area contributed by atoms with Gasteiger partial charge >= 0.3 is 0 Å². The molecular formula is C14H27N3O. The highest BCUT2D eigenvalue weighted by Crippen LogP contribution is 2.23. The van der Waals surface area contributed by atoms with Gasteiger partial charge in [-0.3, -0.25) is 0 Å². The molecule has 1 aromatic heterocycles. The molecule has 104 valence electrons. The Morgan fingerprint density at radius 2 is 1.78 bits per heavy atom. The predicted octanol–water partition coefficient (Wildman–Crippen LogP) is 2.83. The Bertz CT molecular complexity index is 371. The second kappa shape index (κ2) is 5.39. The Morgan fingerprint density at radius 3 is 2.22 bits per heavy atom. The summed E-state index contributed by atoms with van der Waals surface area (Å²) in [6, 6.07) is 0.334. The van der Waals surface area contributed by atoms with Gasteiger partial charge in [0, 0.05) is 18.9 Å². The third-order valence-electron chi connectivity index (χ3n) is 2.97. The van der Waals surface area contributed by atoms with Gasteiger partial charge in [0.05, 0.1) is 0 Å². The van der Waals surface area contributed by atoms with Crippen LogP contribution in [0.5, 0.6) is 0 Å². The summed E-state index contributed by atoms with van der Waals surface area (Å²) >= 11 is 0.